The van der Waals surface area contributed by atoms with Crippen molar-refractivity contribution in [2.45, 2.75) is 38.8 Å². The smallest absolute Gasteiger partial charge is 0.364 e. The Morgan fingerprint density at radius 3 is 2.73 bits per heavy atom. The summed E-state index contributed by atoms with van der Waals surface area (Å²) >= 11 is 0. The molecule has 0 amide bonds. The standard InChI is InChI=1S/C14H20N6O2/c1-10(2)18-7-5-11(6-8-18)16-12-3-4-13-15-9-14(20(21)22)19(13)17-12/h3-4,9-11H,5-8H2,1-2H3,(H,16,17). The fraction of sp³-hybridized carbons (Fsp3) is 0.571. The maximum Gasteiger partial charge on any atom is 0.368 e. The third-order valence-electron chi connectivity index (χ3n) is 4.14. The molecule has 0 aliphatic carbocycles. The second-order valence-corrected chi connectivity index (χ2v) is 5.91. The molecule has 3 rings (SSSR count). The lowest BCUT2D eigenvalue weighted by atomic mass is 10.0. The first kappa shape index (κ1) is 14.7. The van der Waals surface area contributed by atoms with Crippen molar-refractivity contribution in [3.8, 4) is 0 Å². The summed E-state index contributed by atoms with van der Waals surface area (Å²) in [7, 11) is 0. The second-order valence-electron chi connectivity index (χ2n) is 5.91. The molecule has 8 nitrogen and oxygen atoms in total. The van der Waals surface area contributed by atoms with E-state index in [4.69, 9.17) is 0 Å². The molecule has 0 aromatic carbocycles. The van der Waals surface area contributed by atoms with E-state index in [1.807, 2.05) is 6.07 Å². The van der Waals surface area contributed by atoms with Crippen LogP contribution >= 0.6 is 0 Å². The van der Waals surface area contributed by atoms with Gasteiger partial charge in [0.15, 0.2) is 5.82 Å². The van der Waals surface area contributed by atoms with Crippen LogP contribution < -0.4 is 5.32 Å². The predicted molar refractivity (Wildman–Crippen MR) is 83.0 cm³/mol. The van der Waals surface area contributed by atoms with Gasteiger partial charge in [-0.05, 0) is 37.7 Å². The Labute approximate surface area is 128 Å². The quantitative estimate of drug-likeness (QED) is 0.686. The van der Waals surface area contributed by atoms with Crippen LogP contribution in [0.3, 0.4) is 0 Å². The van der Waals surface area contributed by atoms with E-state index in [9.17, 15) is 10.1 Å². The van der Waals surface area contributed by atoms with E-state index >= 15 is 0 Å². The minimum absolute atomic E-state index is 0.117. The minimum Gasteiger partial charge on any atom is -0.364 e. The van der Waals surface area contributed by atoms with Crippen molar-refractivity contribution in [2.24, 2.45) is 0 Å². The van der Waals surface area contributed by atoms with E-state index in [1.54, 1.807) is 6.07 Å². The average molecular weight is 304 g/mol. The molecule has 1 N–H and O–H groups in total. The summed E-state index contributed by atoms with van der Waals surface area (Å²) in [6, 6.07) is 4.48. The third-order valence-corrected chi connectivity index (χ3v) is 4.14. The van der Waals surface area contributed by atoms with Gasteiger partial charge in [0.2, 0.25) is 5.65 Å². The van der Waals surface area contributed by atoms with Crippen LogP contribution in [0.4, 0.5) is 11.6 Å². The Bertz CT molecular complexity index is 675. The number of likely N-dealkylation sites (tertiary alicyclic amines) is 1. The normalized spacial score (nSPS) is 17.2. The lowest BCUT2D eigenvalue weighted by Gasteiger charge is -2.34. The van der Waals surface area contributed by atoms with E-state index in [-0.39, 0.29) is 5.82 Å². The fourth-order valence-electron chi connectivity index (χ4n) is 2.83. The van der Waals surface area contributed by atoms with Gasteiger partial charge in [-0.3, -0.25) is 0 Å². The summed E-state index contributed by atoms with van der Waals surface area (Å²) in [6.07, 6.45) is 3.32. The molecule has 3 heterocycles. The molecule has 22 heavy (non-hydrogen) atoms. The van der Waals surface area contributed by atoms with Crippen molar-refractivity contribution < 1.29 is 4.92 Å². The van der Waals surface area contributed by atoms with Gasteiger partial charge in [0, 0.05) is 31.2 Å². The van der Waals surface area contributed by atoms with E-state index in [0.29, 0.717) is 23.5 Å². The number of hydrogen-bond donors (Lipinski definition) is 1. The van der Waals surface area contributed by atoms with Crippen molar-refractivity contribution in [2.75, 3.05) is 18.4 Å². The Morgan fingerprint density at radius 2 is 2.09 bits per heavy atom. The monoisotopic (exact) mass is 304 g/mol. The largest absolute Gasteiger partial charge is 0.368 e. The number of nitro groups is 1. The van der Waals surface area contributed by atoms with Gasteiger partial charge in [-0.2, -0.15) is 0 Å². The third kappa shape index (κ3) is 2.87. The molecule has 1 saturated heterocycles. The molecule has 1 aliphatic rings. The lowest BCUT2D eigenvalue weighted by molar-refractivity contribution is -0.391. The molecule has 1 aliphatic heterocycles. The van der Waals surface area contributed by atoms with Crippen LogP contribution in [-0.4, -0.2) is 49.6 Å². The number of nitrogens with zero attached hydrogens (tertiary/aromatic N) is 5. The number of nitrogens with one attached hydrogen (secondary N) is 1. The van der Waals surface area contributed by atoms with Crippen LogP contribution in [-0.2, 0) is 0 Å². The van der Waals surface area contributed by atoms with Crippen molar-refractivity contribution >= 4 is 17.3 Å². The van der Waals surface area contributed by atoms with Gasteiger partial charge in [-0.1, -0.05) is 9.61 Å². The Balaban J connectivity index is 1.72. The molecule has 0 radical (unpaired) electrons. The first-order chi connectivity index (χ1) is 10.5. The number of imidazole rings is 1. The Morgan fingerprint density at radius 1 is 1.36 bits per heavy atom. The molecule has 1 fully saturated rings. The minimum atomic E-state index is -0.474. The maximum absolute atomic E-state index is 11.0. The highest BCUT2D eigenvalue weighted by molar-refractivity contribution is 5.48. The van der Waals surface area contributed by atoms with Gasteiger partial charge < -0.3 is 20.3 Å². The van der Waals surface area contributed by atoms with Crippen molar-refractivity contribution in [1.29, 1.82) is 0 Å². The van der Waals surface area contributed by atoms with Gasteiger partial charge in [-0.15, -0.1) is 0 Å². The van der Waals surface area contributed by atoms with Crippen LogP contribution in [0.25, 0.3) is 5.65 Å². The van der Waals surface area contributed by atoms with Crippen LogP contribution in [0.5, 0.6) is 0 Å². The summed E-state index contributed by atoms with van der Waals surface area (Å²) in [5, 5.41) is 18.6. The molecule has 8 heteroatoms. The number of piperidine rings is 1. The van der Waals surface area contributed by atoms with Crippen LogP contribution in [0.1, 0.15) is 26.7 Å². The molecule has 0 atom stereocenters. The molecule has 2 aromatic heterocycles. The number of hydrogen-bond acceptors (Lipinski definition) is 6. The zero-order valence-corrected chi connectivity index (χ0v) is 12.8. The molecule has 0 bridgehead atoms. The van der Waals surface area contributed by atoms with E-state index in [2.05, 4.69) is 34.1 Å². The Hall–Kier alpha value is -2.22. The van der Waals surface area contributed by atoms with Gasteiger partial charge in [-0.25, -0.2) is 4.98 Å². The predicted octanol–water partition coefficient (Wildman–Crippen LogP) is 1.92. The SMILES string of the molecule is CC(C)N1CCC(Nc2ccc3ncc([N+](=O)[O-])n3n2)CC1. The lowest BCUT2D eigenvalue weighted by Crippen LogP contribution is -2.42. The Kier molecular flexibility index (Phi) is 3.93. The van der Waals surface area contributed by atoms with Crippen molar-refractivity contribution in [3.05, 3.63) is 28.4 Å². The van der Waals surface area contributed by atoms with E-state index in [0.717, 1.165) is 25.9 Å². The number of rotatable bonds is 4. The number of aromatic nitrogens is 3. The number of fused-ring (bicyclic) bond motifs is 1. The average Bonchev–Trinajstić information content (AvgIpc) is 2.91. The summed E-state index contributed by atoms with van der Waals surface area (Å²) in [5.41, 5.74) is 0.479. The van der Waals surface area contributed by atoms with E-state index < -0.39 is 4.92 Å². The highest BCUT2D eigenvalue weighted by atomic mass is 16.6. The summed E-state index contributed by atoms with van der Waals surface area (Å²) in [6.45, 7) is 6.54. The topological polar surface area (TPSA) is 88.6 Å². The summed E-state index contributed by atoms with van der Waals surface area (Å²) in [4.78, 5) is 16.9. The molecule has 0 spiro atoms. The van der Waals surface area contributed by atoms with Crippen molar-refractivity contribution in [1.82, 2.24) is 19.5 Å². The van der Waals surface area contributed by atoms with Crippen LogP contribution in [0.15, 0.2) is 18.3 Å². The first-order valence-electron chi connectivity index (χ1n) is 7.54. The van der Waals surface area contributed by atoms with Crippen LogP contribution in [0, 0.1) is 10.1 Å². The van der Waals surface area contributed by atoms with Gasteiger partial charge in [0.05, 0.1) is 0 Å². The molecular weight excluding hydrogens is 284 g/mol. The van der Waals surface area contributed by atoms with Gasteiger partial charge in [0.25, 0.3) is 0 Å². The zero-order chi connectivity index (χ0) is 15.7. The van der Waals surface area contributed by atoms with E-state index in [1.165, 1.54) is 10.7 Å². The summed E-state index contributed by atoms with van der Waals surface area (Å²) < 4.78 is 1.27. The molecule has 0 unspecified atom stereocenters. The fourth-order valence-corrected chi connectivity index (χ4v) is 2.83. The second kappa shape index (κ2) is 5.88. The maximum atomic E-state index is 11.0. The molecule has 2 aromatic rings. The van der Waals surface area contributed by atoms with Gasteiger partial charge >= 0.3 is 5.82 Å². The summed E-state index contributed by atoms with van der Waals surface area (Å²) in [5.74, 6) is 0.532. The zero-order valence-electron chi connectivity index (χ0n) is 12.8. The number of anilines is 1. The van der Waals surface area contributed by atoms with Crippen LogP contribution in [0.2, 0.25) is 0 Å². The van der Waals surface area contributed by atoms with Crippen molar-refractivity contribution in [3.63, 3.8) is 0 Å². The molecule has 0 saturated carbocycles. The molecule has 118 valence electrons. The molecular formula is C14H20N6O2. The first-order valence-corrected chi connectivity index (χ1v) is 7.54. The highest BCUT2D eigenvalue weighted by Gasteiger charge is 2.22. The highest BCUT2D eigenvalue weighted by Crippen LogP contribution is 2.19. The van der Waals surface area contributed by atoms with Gasteiger partial charge in [0.1, 0.15) is 6.20 Å².